The molecule has 0 bridgehead atoms. The van der Waals surface area contributed by atoms with Crippen molar-refractivity contribution in [2.75, 3.05) is 5.75 Å². The molecule has 20 heavy (non-hydrogen) atoms. The molecule has 0 saturated heterocycles. The zero-order valence-corrected chi connectivity index (χ0v) is 12.9. The summed E-state index contributed by atoms with van der Waals surface area (Å²) in [6.45, 7) is 4.28. The van der Waals surface area contributed by atoms with Gasteiger partial charge in [-0.3, -0.25) is 11.3 Å². The number of rotatable bonds is 6. The minimum Gasteiger partial charge on any atom is -0.271 e. The topological polar surface area (TPSA) is 38.0 Å². The number of benzene rings is 2. The lowest BCUT2D eigenvalue weighted by Gasteiger charge is -2.17. The summed E-state index contributed by atoms with van der Waals surface area (Å²) in [4.78, 5) is 1.28. The normalized spacial score (nSPS) is 12.3. The second kappa shape index (κ2) is 7.48. The van der Waals surface area contributed by atoms with E-state index in [0.717, 1.165) is 12.2 Å². The lowest BCUT2D eigenvalue weighted by Crippen LogP contribution is -2.29. The van der Waals surface area contributed by atoms with Crippen molar-refractivity contribution in [3.63, 3.8) is 0 Å². The van der Waals surface area contributed by atoms with E-state index in [0.29, 0.717) is 0 Å². The average molecular weight is 286 g/mol. The van der Waals surface area contributed by atoms with Crippen LogP contribution in [0.15, 0.2) is 53.4 Å². The Morgan fingerprint density at radius 3 is 2.55 bits per heavy atom. The number of nitrogens with two attached hydrogens (primary N) is 1. The summed E-state index contributed by atoms with van der Waals surface area (Å²) >= 11 is 1.83. The Balaban J connectivity index is 2.03. The Kier molecular flexibility index (Phi) is 5.65. The minimum atomic E-state index is 0.174. The van der Waals surface area contributed by atoms with Crippen LogP contribution in [0.4, 0.5) is 0 Å². The molecule has 2 aromatic carbocycles. The van der Waals surface area contributed by atoms with Crippen LogP contribution >= 0.6 is 11.8 Å². The van der Waals surface area contributed by atoms with Gasteiger partial charge in [-0.1, -0.05) is 48.9 Å². The number of hydrogen-bond donors (Lipinski definition) is 2. The number of hydrazine groups is 1. The molecule has 1 unspecified atom stereocenters. The summed E-state index contributed by atoms with van der Waals surface area (Å²) < 4.78 is 0. The fourth-order valence-electron chi connectivity index (χ4n) is 2.08. The lowest BCUT2D eigenvalue weighted by molar-refractivity contribution is 0.610. The van der Waals surface area contributed by atoms with E-state index in [4.69, 9.17) is 5.84 Å². The van der Waals surface area contributed by atoms with Crippen molar-refractivity contribution in [2.24, 2.45) is 5.84 Å². The molecular weight excluding hydrogens is 264 g/mol. The summed E-state index contributed by atoms with van der Waals surface area (Å²) in [5.74, 6) is 6.64. The van der Waals surface area contributed by atoms with E-state index in [2.05, 4.69) is 67.8 Å². The Hall–Kier alpha value is -1.29. The monoisotopic (exact) mass is 286 g/mol. The molecular formula is C17H22N2S. The third kappa shape index (κ3) is 4.10. The Morgan fingerprint density at radius 2 is 1.90 bits per heavy atom. The van der Waals surface area contributed by atoms with Gasteiger partial charge in [-0.05, 0) is 36.6 Å². The lowest BCUT2D eigenvalue weighted by atomic mass is 10.0. The predicted octanol–water partition coefficient (Wildman–Crippen LogP) is 3.85. The van der Waals surface area contributed by atoms with Crippen LogP contribution in [0.2, 0.25) is 0 Å². The molecule has 0 heterocycles. The molecule has 0 spiro atoms. The third-order valence-electron chi connectivity index (χ3n) is 3.40. The van der Waals surface area contributed by atoms with Gasteiger partial charge < -0.3 is 0 Å². The van der Waals surface area contributed by atoms with Gasteiger partial charge in [-0.15, -0.1) is 11.8 Å². The van der Waals surface area contributed by atoms with E-state index < -0.39 is 0 Å². The maximum Gasteiger partial charge on any atom is 0.0554 e. The van der Waals surface area contributed by atoms with Gasteiger partial charge in [0.1, 0.15) is 0 Å². The predicted molar refractivity (Wildman–Crippen MR) is 87.8 cm³/mol. The molecule has 2 rings (SSSR count). The van der Waals surface area contributed by atoms with Crippen LogP contribution < -0.4 is 11.3 Å². The molecule has 0 aliphatic rings. The number of hydrogen-bond acceptors (Lipinski definition) is 3. The van der Waals surface area contributed by atoms with Crippen molar-refractivity contribution in [2.45, 2.75) is 31.2 Å². The van der Waals surface area contributed by atoms with Crippen molar-refractivity contribution in [1.82, 2.24) is 5.43 Å². The standard InChI is InChI=1S/C17H22N2S/c1-3-14-5-4-6-15(11-14)17(19-18)12-20-16-9-7-13(2)8-10-16/h4-11,17,19H,3,12,18H2,1-2H3. The second-order valence-electron chi connectivity index (χ2n) is 4.94. The quantitative estimate of drug-likeness (QED) is 0.481. The molecule has 1 atom stereocenters. The van der Waals surface area contributed by atoms with Crippen molar-refractivity contribution in [3.8, 4) is 0 Å². The molecule has 3 heteroatoms. The van der Waals surface area contributed by atoms with Crippen molar-refractivity contribution >= 4 is 11.8 Å². The molecule has 0 aliphatic heterocycles. The van der Waals surface area contributed by atoms with E-state index in [1.54, 1.807) is 0 Å². The first-order valence-electron chi connectivity index (χ1n) is 6.97. The summed E-state index contributed by atoms with van der Waals surface area (Å²) in [6.07, 6.45) is 1.05. The minimum absolute atomic E-state index is 0.174. The van der Waals surface area contributed by atoms with Crippen LogP contribution in [-0.4, -0.2) is 5.75 Å². The molecule has 0 fully saturated rings. The number of thioether (sulfide) groups is 1. The number of nitrogens with one attached hydrogen (secondary N) is 1. The van der Waals surface area contributed by atoms with Gasteiger partial charge in [0, 0.05) is 10.6 Å². The molecule has 3 N–H and O–H groups in total. The Labute approximate surface area is 125 Å². The van der Waals surface area contributed by atoms with Crippen molar-refractivity contribution in [1.29, 1.82) is 0 Å². The largest absolute Gasteiger partial charge is 0.271 e. The first-order valence-corrected chi connectivity index (χ1v) is 7.96. The van der Waals surface area contributed by atoms with E-state index in [1.165, 1.54) is 21.6 Å². The van der Waals surface area contributed by atoms with E-state index in [9.17, 15) is 0 Å². The number of aryl methyl sites for hydroxylation is 2. The molecule has 0 aliphatic carbocycles. The molecule has 0 amide bonds. The van der Waals surface area contributed by atoms with Gasteiger partial charge in [0.05, 0.1) is 6.04 Å². The molecule has 2 aromatic rings. The van der Waals surface area contributed by atoms with Crippen LogP contribution in [0.1, 0.15) is 29.7 Å². The van der Waals surface area contributed by atoms with Crippen molar-refractivity contribution < 1.29 is 0 Å². The highest BCUT2D eigenvalue weighted by Gasteiger charge is 2.10. The maximum atomic E-state index is 5.72. The van der Waals surface area contributed by atoms with Crippen LogP contribution in [0, 0.1) is 6.92 Å². The maximum absolute atomic E-state index is 5.72. The summed E-state index contributed by atoms with van der Waals surface area (Å²) in [7, 11) is 0. The highest BCUT2D eigenvalue weighted by atomic mass is 32.2. The van der Waals surface area contributed by atoms with Gasteiger partial charge in [0.2, 0.25) is 0 Å². The Morgan fingerprint density at radius 1 is 1.15 bits per heavy atom. The third-order valence-corrected chi connectivity index (χ3v) is 4.51. The van der Waals surface area contributed by atoms with E-state index in [1.807, 2.05) is 11.8 Å². The van der Waals surface area contributed by atoms with Gasteiger partial charge in [0.15, 0.2) is 0 Å². The Bertz CT molecular complexity index is 537. The van der Waals surface area contributed by atoms with E-state index >= 15 is 0 Å². The van der Waals surface area contributed by atoms with Gasteiger partial charge in [0.25, 0.3) is 0 Å². The molecule has 0 radical (unpaired) electrons. The molecule has 2 nitrogen and oxygen atoms in total. The highest BCUT2D eigenvalue weighted by molar-refractivity contribution is 7.99. The fraction of sp³-hybridized carbons (Fsp3) is 0.294. The van der Waals surface area contributed by atoms with Gasteiger partial charge >= 0.3 is 0 Å². The van der Waals surface area contributed by atoms with E-state index in [-0.39, 0.29) is 6.04 Å². The summed E-state index contributed by atoms with van der Waals surface area (Å²) in [5, 5.41) is 0. The molecule has 0 aromatic heterocycles. The zero-order valence-electron chi connectivity index (χ0n) is 12.1. The van der Waals surface area contributed by atoms with Crippen LogP contribution in [0.25, 0.3) is 0 Å². The zero-order chi connectivity index (χ0) is 14.4. The van der Waals surface area contributed by atoms with Crippen LogP contribution in [0.5, 0.6) is 0 Å². The summed E-state index contributed by atoms with van der Waals surface area (Å²) in [6, 6.07) is 17.4. The van der Waals surface area contributed by atoms with Gasteiger partial charge in [-0.2, -0.15) is 0 Å². The highest BCUT2D eigenvalue weighted by Crippen LogP contribution is 2.25. The van der Waals surface area contributed by atoms with Gasteiger partial charge in [-0.25, -0.2) is 0 Å². The second-order valence-corrected chi connectivity index (χ2v) is 6.04. The average Bonchev–Trinajstić information content (AvgIpc) is 2.50. The fourth-order valence-corrected chi connectivity index (χ4v) is 3.06. The molecule has 0 saturated carbocycles. The van der Waals surface area contributed by atoms with Crippen molar-refractivity contribution in [3.05, 3.63) is 65.2 Å². The van der Waals surface area contributed by atoms with Crippen LogP contribution in [0.3, 0.4) is 0 Å². The smallest absolute Gasteiger partial charge is 0.0554 e. The first kappa shape index (κ1) is 15.1. The van der Waals surface area contributed by atoms with Crippen LogP contribution in [-0.2, 0) is 6.42 Å². The molecule has 106 valence electrons. The summed E-state index contributed by atoms with van der Waals surface area (Å²) in [5.41, 5.74) is 6.83. The first-order chi connectivity index (χ1) is 9.72. The SMILES string of the molecule is CCc1cccc(C(CSc2ccc(C)cc2)NN)c1.